The summed E-state index contributed by atoms with van der Waals surface area (Å²) in [5.74, 6) is -4.28. The molecule has 5 rings (SSSR count). The van der Waals surface area contributed by atoms with Crippen molar-refractivity contribution in [2.45, 2.75) is 12.7 Å². The number of fused-ring (bicyclic) bond motifs is 1. The third-order valence-corrected chi connectivity index (χ3v) is 6.40. The maximum absolute atomic E-state index is 14.0. The van der Waals surface area contributed by atoms with Gasteiger partial charge in [-0.3, -0.25) is 14.0 Å². The summed E-state index contributed by atoms with van der Waals surface area (Å²) in [7, 11) is 0. The van der Waals surface area contributed by atoms with Crippen molar-refractivity contribution in [3.8, 4) is 11.1 Å². The summed E-state index contributed by atoms with van der Waals surface area (Å²) >= 11 is 0. The van der Waals surface area contributed by atoms with Crippen molar-refractivity contribution in [2.75, 3.05) is 0 Å². The van der Waals surface area contributed by atoms with Gasteiger partial charge in [-0.1, -0.05) is 24.3 Å². The number of nitrogens with one attached hydrogen (secondary N) is 1. The Balaban J connectivity index is 1.56. The van der Waals surface area contributed by atoms with Crippen LogP contribution in [0.15, 0.2) is 85.1 Å². The molecule has 42 heavy (non-hydrogen) atoms. The van der Waals surface area contributed by atoms with Crippen molar-refractivity contribution in [1.29, 1.82) is 0 Å². The molecule has 0 aliphatic rings. The number of carboxylic acids is 1. The monoisotopic (exact) mass is 579 g/mol. The lowest BCUT2D eigenvalue weighted by molar-refractivity contribution is -0.137. The molecule has 0 saturated carbocycles. The smallest absolute Gasteiger partial charge is 0.416 e. The van der Waals surface area contributed by atoms with Crippen LogP contribution in [0.5, 0.6) is 0 Å². The minimum absolute atomic E-state index is 0.0457. The highest BCUT2D eigenvalue weighted by atomic mass is 19.4. The first-order valence-electron chi connectivity index (χ1n) is 12.2. The third kappa shape index (κ3) is 5.73. The molecule has 2 aromatic heterocycles. The first-order chi connectivity index (χ1) is 19.9. The summed E-state index contributed by atoms with van der Waals surface area (Å²) in [5.41, 5.74) is -0.371. The van der Waals surface area contributed by atoms with Gasteiger partial charge >= 0.3 is 12.1 Å². The number of hydrogen-bond acceptors (Lipinski definition) is 4. The molecule has 5 aromatic rings. The van der Waals surface area contributed by atoms with Crippen LogP contribution in [0.2, 0.25) is 0 Å². The molecule has 0 aliphatic carbocycles. The van der Waals surface area contributed by atoms with Gasteiger partial charge in [0.2, 0.25) is 5.78 Å². The highest BCUT2D eigenvalue weighted by Gasteiger charge is 2.30. The molecule has 1 amide bonds. The second-order valence-corrected chi connectivity index (χ2v) is 9.21. The van der Waals surface area contributed by atoms with E-state index in [0.717, 1.165) is 42.6 Å². The van der Waals surface area contributed by atoms with Crippen LogP contribution in [0, 0.1) is 11.6 Å². The van der Waals surface area contributed by atoms with Gasteiger partial charge in [0.25, 0.3) is 5.91 Å². The van der Waals surface area contributed by atoms with Crippen LogP contribution in [0.4, 0.5) is 22.0 Å². The number of carboxylic acid groups (broad SMARTS) is 1. The van der Waals surface area contributed by atoms with E-state index >= 15 is 0 Å². The van der Waals surface area contributed by atoms with Crippen LogP contribution >= 0.6 is 0 Å². The molecule has 0 saturated heterocycles. The summed E-state index contributed by atoms with van der Waals surface area (Å²) in [6.45, 7) is -0.0457. The Bertz CT molecular complexity index is 1830. The number of hydrogen-bond donors (Lipinski definition) is 2. The SMILES string of the molecule is O=C(O)c1ccc(CNC(=O)c2cc(-c3cc(F)cc(F)c3)cc3ncc(C(=O)c4ccc(C(F)(F)F)cc4)n23)cc1. The Hall–Kier alpha value is -5.39. The number of halogens is 5. The number of pyridine rings is 1. The van der Waals surface area contributed by atoms with Crippen LogP contribution in [0.25, 0.3) is 16.8 Å². The van der Waals surface area contributed by atoms with E-state index < -0.39 is 41.0 Å². The average Bonchev–Trinajstić information content (AvgIpc) is 3.38. The van der Waals surface area contributed by atoms with Gasteiger partial charge in [0.15, 0.2) is 0 Å². The van der Waals surface area contributed by atoms with E-state index in [1.54, 1.807) is 0 Å². The molecular formula is C30H18F5N3O4. The molecule has 0 fully saturated rings. The van der Waals surface area contributed by atoms with Gasteiger partial charge in [0.1, 0.15) is 28.7 Å². The molecule has 7 nitrogen and oxygen atoms in total. The summed E-state index contributed by atoms with van der Waals surface area (Å²) < 4.78 is 68.2. The van der Waals surface area contributed by atoms with E-state index in [0.29, 0.717) is 11.6 Å². The van der Waals surface area contributed by atoms with E-state index in [9.17, 15) is 36.3 Å². The van der Waals surface area contributed by atoms with Crippen molar-refractivity contribution in [1.82, 2.24) is 14.7 Å². The normalized spacial score (nSPS) is 11.5. The van der Waals surface area contributed by atoms with E-state index in [4.69, 9.17) is 5.11 Å². The number of carbonyl (C=O) groups excluding carboxylic acids is 2. The molecule has 2 heterocycles. The molecule has 0 bridgehead atoms. The number of aromatic nitrogens is 2. The fourth-order valence-corrected chi connectivity index (χ4v) is 4.32. The van der Waals surface area contributed by atoms with Gasteiger partial charge in [-0.2, -0.15) is 13.2 Å². The predicted molar refractivity (Wildman–Crippen MR) is 140 cm³/mol. The Labute approximate surface area is 233 Å². The zero-order chi connectivity index (χ0) is 30.2. The maximum Gasteiger partial charge on any atom is 0.416 e. The van der Waals surface area contributed by atoms with Gasteiger partial charge in [0.05, 0.1) is 17.3 Å². The number of carbonyl (C=O) groups is 3. The van der Waals surface area contributed by atoms with Gasteiger partial charge < -0.3 is 10.4 Å². The van der Waals surface area contributed by atoms with Crippen molar-refractivity contribution in [3.63, 3.8) is 0 Å². The summed E-state index contributed by atoms with van der Waals surface area (Å²) in [6, 6.07) is 14.8. The van der Waals surface area contributed by atoms with Crippen LogP contribution in [-0.4, -0.2) is 32.2 Å². The lowest BCUT2D eigenvalue weighted by Crippen LogP contribution is -2.26. The molecule has 3 aromatic carbocycles. The third-order valence-electron chi connectivity index (χ3n) is 6.40. The minimum Gasteiger partial charge on any atom is -0.478 e. The van der Waals surface area contributed by atoms with E-state index in [-0.39, 0.29) is 45.8 Å². The largest absolute Gasteiger partial charge is 0.478 e. The number of alkyl halides is 3. The lowest BCUT2D eigenvalue weighted by Gasteiger charge is -2.13. The number of ketones is 1. The first-order valence-corrected chi connectivity index (χ1v) is 12.2. The number of aromatic carboxylic acids is 1. The van der Waals surface area contributed by atoms with Crippen LogP contribution in [0.1, 0.15) is 48.0 Å². The number of rotatable bonds is 7. The molecule has 0 aliphatic heterocycles. The van der Waals surface area contributed by atoms with Crippen LogP contribution in [-0.2, 0) is 12.7 Å². The highest BCUT2D eigenvalue weighted by Crippen LogP contribution is 2.30. The first kappa shape index (κ1) is 28.1. The van der Waals surface area contributed by atoms with Gasteiger partial charge in [-0.25, -0.2) is 18.6 Å². The second-order valence-electron chi connectivity index (χ2n) is 9.21. The number of amides is 1. The Morgan fingerprint density at radius 1 is 0.786 bits per heavy atom. The molecule has 0 atom stereocenters. The van der Waals surface area contributed by atoms with E-state index in [2.05, 4.69) is 10.3 Å². The highest BCUT2D eigenvalue weighted by molar-refractivity contribution is 6.09. The van der Waals surface area contributed by atoms with Gasteiger partial charge in [-0.15, -0.1) is 0 Å². The van der Waals surface area contributed by atoms with Gasteiger partial charge in [-0.05, 0) is 65.2 Å². The maximum atomic E-state index is 14.0. The molecule has 2 N–H and O–H groups in total. The van der Waals surface area contributed by atoms with Crippen molar-refractivity contribution >= 4 is 23.3 Å². The zero-order valence-electron chi connectivity index (χ0n) is 21.2. The number of nitrogens with zero attached hydrogens (tertiary/aromatic N) is 2. The molecular weight excluding hydrogens is 561 g/mol. The van der Waals surface area contributed by atoms with E-state index in [1.807, 2.05) is 0 Å². The summed E-state index contributed by atoms with van der Waals surface area (Å²) in [6.07, 6.45) is -3.45. The Morgan fingerprint density at radius 3 is 1.98 bits per heavy atom. The van der Waals surface area contributed by atoms with Crippen LogP contribution in [0.3, 0.4) is 0 Å². The molecule has 0 radical (unpaired) electrons. The average molecular weight is 579 g/mol. The summed E-state index contributed by atoms with van der Waals surface area (Å²) in [4.78, 5) is 42.1. The standard InChI is InChI=1S/C30H18F5N3O4/c31-22-9-19(10-23(32)13-22)20-11-24(28(40)37-14-16-1-3-18(4-2-16)29(41)42)38-25(15-36-26(38)12-20)27(39)17-5-7-21(8-6-17)30(33,34)35/h1-13,15H,14H2,(H,37,40)(H,41,42). The molecule has 0 unspecified atom stereocenters. The minimum atomic E-state index is -4.60. The summed E-state index contributed by atoms with van der Waals surface area (Å²) in [5, 5.41) is 11.7. The molecule has 212 valence electrons. The fourth-order valence-electron chi connectivity index (χ4n) is 4.32. The molecule has 12 heteroatoms. The predicted octanol–water partition coefficient (Wildman–Crippen LogP) is 6.16. The fraction of sp³-hybridized carbons (Fsp3) is 0.0667. The van der Waals surface area contributed by atoms with Gasteiger partial charge in [0, 0.05) is 18.2 Å². The van der Waals surface area contributed by atoms with Crippen LogP contribution < -0.4 is 5.32 Å². The topological polar surface area (TPSA) is 101 Å². The Kier molecular flexibility index (Phi) is 7.29. The zero-order valence-corrected chi connectivity index (χ0v) is 21.2. The van der Waals surface area contributed by atoms with Crippen molar-refractivity contribution in [3.05, 3.63) is 130 Å². The second kappa shape index (κ2) is 10.9. The number of imidazole rings is 1. The van der Waals surface area contributed by atoms with Crippen molar-refractivity contribution < 1.29 is 41.4 Å². The molecule has 0 spiro atoms. The lowest BCUT2D eigenvalue weighted by atomic mass is 10.0. The Morgan fingerprint density at radius 2 is 1.38 bits per heavy atom. The quantitative estimate of drug-likeness (QED) is 0.178. The van der Waals surface area contributed by atoms with Crippen molar-refractivity contribution in [2.24, 2.45) is 0 Å². The number of benzene rings is 3. The van der Waals surface area contributed by atoms with E-state index in [1.165, 1.54) is 40.8 Å².